The Kier molecular flexibility index (Phi) is 9.44. The standard InChI is InChI=1S/C31H58O2/c1-7-9-18-29(4,32)20-16-23(3)27-14-15-28-26(25(8-2)17-21-31(27,28)6)13-12-24-11-10-19-30(5,33)22-24/h23-28,32-33H,7-22H2,1-6H3/t23-,24+,25+,26-,27-,28+,29-,30+,31-/m1/s1. The maximum absolute atomic E-state index is 10.9. The summed E-state index contributed by atoms with van der Waals surface area (Å²) in [6, 6.07) is 0. The summed E-state index contributed by atoms with van der Waals surface area (Å²) in [6.07, 6.45) is 19.7. The van der Waals surface area contributed by atoms with Gasteiger partial charge in [0, 0.05) is 0 Å². The van der Waals surface area contributed by atoms with Crippen LogP contribution in [0.25, 0.3) is 0 Å². The normalized spacial score (nSPS) is 42.0. The second-order valence-electron chi connectivity index (χ2n) is 13.8. The molecule has 0 unspecified atom stereocenters. The monoisotopic (exact) mass is 462 g/mol. The highest BCUT2D eigenvalue weighted by Crippen LogP contribution is 2.62. The van der Waals surface area contributed by atoms with Crippen LogP contribution in [0.3, 0.4) is 0 Å². The third-order valence-electron chi connectivity index (χ3n) is 11.0. The molecule has 3 aliphatic rings. The zero-order chi connectivity index (χ0) is 24.3. The molecule has 0 aliphatic heterocycles. The summed E-state index contributed by atoms with van der Waals surface area (Å²) in [6.45, 7) is 13.9. The highest BCUT2D eigenvalue weighted by molar-refractivity contribution is 5.03. The molecule has 3 rings (SSSR count). The second-order valence-corrected chi connectivity index (χ2v) is 13.8. The first-order chi connectivity index (χ1) is 15.5. The smallest absolute Gasteiger partial charge is 0.0622 e. The van der Waals surface area contributed by atoms with Gasteiger partial charge in [0.1, 0.15) is 0 Å². The van der Waals surface area contributed by atoms with Crippen molar-refractivity contribution >= 4 is 0 Å². The van der Waals surface area contributed by atoms with E-state index in [-0.39, 0.29) is 0 Å². The topological polar surface area (TPSA) is 40.5 Å². The van der Waals surface area contributed by atoms with Crippen molar-refractivity contribution in [1.29, 1.82) is 0 Å². The van der Waals surface area contributed by atoms with Crippen molar-refractivity contribution in [2.24, 2.45) is 40.9 Å². The van der Waals surface area contributed by atoms with Gasteiger partial charge in [0.2, 0.25) is 0 Å². The van der Waals surface area contributed by atoms with Gasteiger partial charge in [-0.2, -0.15) is 0 Å². The summed E-state index contributed by atoms with van der Waals surface area (Å²) < 4.78 is 0. The molecule has 0 bridgehead atoms. The van der Waals surface area contributed by atoms with E-state index >= 15 is 0 Å². The molecule has 194 valence electrons. The molecule has 3 fully saturated rings. The van der Waals surface area contributed by atoms with Gasteiger partial charge in [-0.25, -0.2) is 0 Å². The van der Waals surface area contributed by atoms with E-state index in [1.165, 1.54) is 70.6 Å². The molecular weight excluding hydrogens is 404 g/mol. The van der Waals surface area contributed by atoms with E-state index in [0.29, 0.717) is 5.41 Å². The molecule has 0 radical (unpaired) electrons. The number of unbranched alkanes of at least 4 members (excludes halogenated alkanes) is 1. The number of hydrogen-bond donors (Lipinski definition) is 2. The largest absolute Gasteiger partial charge is 0.390 e. The summed E-state index contributed by atoms with van der Waals surface area (Å²) >= 11 is 0. The van der Waals surface area contributed by atoms with Crippen LogP contribution in [0.1, 0.15) is 144 Å². The van der Waals surface area contributed by atoms with Crippen LogP contribution in [-0.2, 0) is 0 Å². The Hall–Kier alpha value is -0.0800. The van der Waals surface area contributed by atoms with E-state index in [4.69, 9.17) is 0 Å². The van der Waals surface area contributed by atoms with Crippen molar-refractivity contribution in [3.8, 4) is 0 Å². The van der Waals surface area contributed by atoms with E-state index in [9.17, 15) is 10.2 Å². The van der Waals surface area contributed by atoms with E-state index < -0.39 is 11.2 Å². The lowest BCUT2D eigenvalue weighted by molar-refractivity contribution is -0.0252. The van der Waals surface area contributed by atoms with Gasteiger partial charge < -0.3 is 10.2 Å². The second kappa shape index (κ2) is 11.3. The third-order valence-corrected chi connectivity index (χ3v) is 11.0. The predicted octanol–water partition coefficient (Wildman–Crippen LogP) is 8.53. The lowest BCUT2D eigenvalue weighted by Gasteiger charge is -2.50. The molecule has 9 atom stereocenters. The van der Waals surface area contributed by atoms with Crippen molar-refractivity contribution in [1.82, 2.24) is 0 Å². The highest BCUT2D eigenvalue weighted by Gasteiger charge is 2.54. The maximum atomic E-state index is 10.9. The molecule has 0 amide bonds. The predicted molar refractivity (Wildman–Crippen MR) is 141 cm³/mol. The lowest BCUT2D eigenvalue weighted by Crippen LogP contribution is -2.43. The van der Waals surface area contributed by atoms with Crippen LogP contribution in [0.4, 0.5) is 0 Å². The molecule has 33 heavy (non-hydrogen) atoms. The molecule has 0 saturated heterocycles. The Balaban J connectivity index is 1.62. The van der Waals surface area contributed by atoms with Crippen LogP contribution in [0.15, 0.2) is 0 Å². The van der Waals surface area contributed by atoms with Crippen molar-refractivity contribution in [3.05, 3.63) is 0 Å². The Labute approximate surface area is 206 Å². The molecule has 0 aromatic carbocycles. The van der Waals surface area contributed by atoms with Gasteiger partial charge in [0.25, 0.3) is 0 Å². The Bertz CT molecular complexity index is 596. The molecule has 0 heterocycles. The van der Waals surface area contributed by atoms with E-state index in [0.717, 1.165) is 67.6 Å². The number of fused-ring (bicyclic) bond motifs is 1. The Morgan fingerprint density at radius 3 is 2.42 bits per heavy atom. The minimum Gasteiger partial charge on any atom is -0.390 e. The first-order valence-electron chi connectivity index (χ1n) is 15.0. The first-order valence-corrected chi connectivity index (χ1v) is 15.0. The van der Waals surface area contributed by atoms with E-state index in [2.05, 4.69) is 41.5 Å². The summed E-state index contributed by atoms with van der Waals surface area (Å²) in [7, 11) is 0. The van der Waals surface area contributed by atoms with E-state index in [1.807, 2.05) is 0 Å². The molecule has 2 N–H and O–H groups in total. The molecule has 3 aliphatic carbocycles. The maximum Gasteiger partial charge on any atom is 0.0622 e. The number of aliphatic hydroxyl groups is 2. The van der Waals surface area contributed by atoms with Gasteiger partial charge in [-0.1, -0.05) is 66.2 Å². The van der Waals surface area contributed by atoms with Crippen molar-refractivity contribution < 1.29 is 10.2 Å². The van der Waals surface area contributed by atoms with Gasteiger partial charge in [0.05, 0.1) is 11.2 Å². The SMILES string of the molecule is CCCC[C@@](C)(O)CC[C@@H](C)[C@H]1CC[C@H]2[C@H](CC[C@@H]3CCC[C@](C)(O)C3)[C@@H](CC)CC[C@]12C. The molecular formula is C31H58O2. The number of rotatable bonds is 11. The van der Waals surface area contributed by atoms with Gasteiger partial charge in [-0.15, -0.1) is 0 Å². The van der Waals surface area contributed by atoms with Crippen LogP contribution >= 0.6 is 0 Å². The average molecular weight is 463 g/mol. The van der Waals surface area contributed by atoms with Crippen LogP contribution in [-0.4, -0.2) is 21.4 Å². The summed E-state index contributed by atoms with van der Waals surface area (Å²) in [5.41, 5.74) is -0.393. The lowest BCUT2D eigenvalue weighted by atomic mass is 9.55. The fourth-order valence-electron chi connectivity index (χ4n) is 8.98. The van der Waals surface area contributed by atoms with Crippen molar-refractivity contribution in [3.63, 3.8) is 0 Å². The fourth-order valence-corrected chi connectivity index (χ4v) is 8.98. The fraction of sp³-hybridized carbons (Fsp3) is 1.00. The van der Waals surface area contributed by atoms with Gasteiger partial charge in [-0.05, 0) is 119 Å². The molecule has 2 nitrogen and oxygen atoms in total. The highest BCUT2D eigenvalue weighted by atomic mass is 16.3. The van der Waals surface area contributed by atoms with Crippen LogP contribution in [0.5, 0.6) is 0 Å². The molecule has 0 spiro atoms. The van der Waals surface area contributed by atoms with Crippen LogP contribution < -0.4 is 0 Å². The number of hydrogen-bond acceptors (Lipinski definition) is 2. The van der Waals surface area contributed by atoms with Crippen LogP contribution in [0, 0.1) is 40.9 Å². The van der Waals surface area contributed by atoms with Gasteiger partial charge in [-0.3, -0.25) is 0 Å². The zero-order valence-corrected chi connectivity index (χ0v) is 23.2. The molecule has 2 heteroatoms. The Morgan fingerprint density at radius 2 is 1.76 bits per heavy atom. The average Bonchev–Trinajstić information content (AvgIpc) is 3.11. The van der Waals surface area contributed by atoms with Gasteiger partial charge >= 0.3 is 0 Å². The quantitative estimate of drug-likeness (QED) is 0.323. The molecule has 3 saturated carbocycles. The molecule has 0 aromatic heterocycles. The summed E-state index contributed by atoms with van der Waals surface area (Å²) in [4.78, 5) is 0. The van der Waals surface area contributed by atoms with E-state index in [1.54, 1.807) is 0 Å². The zero-order valence-electron chi connectivity index (χ0n) is 23.2. The first kappa shape index (κ1) is 27.5. The van der Waals surface area contributed by atoms with Gasteiger partial charge in [0.15, 0.2) is 0 Å². The minimum absolute atomic E-state index is 0.416. The van der Waals surface area contributed by atoms with Crippen molar-refractivity contribution in [2.75, 3.05) is 0 Å². The van der Waals surface area contributed by atoms with Crippen molar-refractivity contribution in [2.45, 2.75) is 155 Å². The molecule has 0 aromatic rings. The Morgan fingerprint density at radius 1 is 1.00 bits per heavy atom. The summed E-state index contributed by atoms with van der Waals surface area (Å²) in [5.74, 6) is 5.00. The summed E-state index contributed by atoms with van der Waals surface area (Å²) in [5, 5.41) is 21.5. The minimum atomic E-state index is -0.479. The van der Waals surface area contributed by atoms with Crippen LogP contribution in [0.2, 0.25) is 0 Å². The third kappa shape index (κ3) is 6.78.